The van der Waals surface area contributed by atoms with E-state index in [9.17, 15) is 9.59 Å². The molecule has 1 spiro atoms. The van der Waals surface area contributed by atoms with Crippen LogP contribution in [-0.2, 0) is 16.1 Å². The predicted molar refractivity (Wildman–Crippen MR) is 97.8 cm³/mol. The molecule has 0 unspecified atom stereocenters. The van der Waals surface area contributed by atoms with Gasteiger partial charge >= 0.3 is 0 Å². The third-order valence-corrected chi connectivity index (χ3v) is 5.84. The van der Waals surface area contributed by atoms with Crippen LogP contribution < -0.4 is 0 Å². The van der Waals surface area contributed by atoms with E-state index in [1.165, 1.54) is 11.1 Å². The van der Waals surface area contributed by atoms with E-state index in [1.54, 1.807) is 11.8 Å². The van der Waals surface area contributed by atoms with Crippen LogP contribution in [0.4, 0.5) is 0 Å². The first-order valence-electron chi connectivity index (χ1n) is 8.61. The second-order valence-corrected chi connectivity index (χ2v) is 8.10. The van der Waals surface area contributed by atoms with Crippen LogP contribution in [0.2, 0.25) is 0 Å². The first-order chi connectivity index (χ1) is 11.5. The highest BCUT2D eigenvalue weighted by molar-refractivity contribution is 7.99. The summed E-state index contributed by atoms with van der Waals surface area (Å²) in [5, 5.41) is 0. The van der Waals surface area contributed by atoms with Gasteiger partial charge in [0, 0.05) is 38.0 Å². The van der Waals surface area contributed by atoms with Crippen molar-refractivity contribution in [2.24, 2.45) is 5.41 Å². The highest BCUT2D eigenvalue weighted by Crippen LogP contribution is 2.41. The van der Waals surface area contributed by atoms with Crippen LogP contribution in [0.3, 0.4) is 0 Å². The topological polar surface area (TPSA) is 40.6 Å². The van der Waals surface area contributed by atoms with Crippen molar-refractivity contribution in [3.05, 3.63) is 35.4 Å². The Hall–Kier alpha value is -1.49. The van der Waals surface area contributed by atoms with Gasteiger partial charge in [-0.05, 0) is 31.6 Å². The van der Waals surface area contributed by atoms with Crippen LogP contribution in [0.25, 0.3) is 0 Å². The normalized spacial score (nSPS) is 20.0. The summed E-state index contributed by atoms with van der Waals surface area (Å²) in [6, 6.07) is 8.38. The number of amides is 2. The van der Waals surface area contributed by atoms with Gasteiger partial charge in [0.25, 0.3) is 0 Å². The van der Waals surface area contributed by atoms with E-state index < -0.39 is 0 Å². The van der Waals surface area contributed by atoms with Crippen molar-refractivity contribution >= 4 is 23.6 Å². The summed E-state index contributed by atoms with van der Waals surface area (Å²) in [6.07, 6.45) is 4.50. The average Bonchev–Trinajstić information content (AvgIpc) is 2.83. The zero-order valence-electron chi connectivity index (χ0n) is 14.6. The van der Waals surface area contributed by atoms with E-state index in [0.717, 1.165) is 32.5 Å². The van der Waals surface area contributed by atoms with Gasteiger partial charge < -0.3 is 9.80 Å². The molecule has 2 heterocycles. The van der Waals surface area contributed by atoms with Gasteiger partial charge in [0.2, 0.25) is 11.8 Å². The zero-order valence-corrected chi connectivity index (χ0v) is 15.4. The van der Waals surface area contributed by atoms with Gasteiger partial charge in [0.15, 0.2) is 0 Å². The van der Waals surface area contributed by atoms with Crippen molar-refractivity contribution < 1.29 is 9.59 Å². The van der Waals surface area contributed by atoms with E-state index in [1.807, 2.05) is 16.1 Å². The molecule has 0 saturated carbocycles. The summed E-state index contributed by atoms with van der Waals surface area (Å²) in [5.41, 5.74) is 2.51. The SMILES string of the molecule is CSCC(=O)N1CCC2(CC1)CC(=O)N(Cc1cccc(C)c1)C2. The third-order valence-electron chi connectivity index (χ3n) is 5.31. The second-order valence-electron chi connectivity index (χ2n) is 7.23. The molecule has 0 bridgehead atoms. The Balaban J connectivity index is 1.60. The molecule has 2 aliphatic heterocycles. The fraction of sp³-hybridized carbons (Fsp3) is 0.579. The zero-order chi connectivity index (χ0) is 17.2. The Kier molecular flexibility index (Phi) is 5.18. The number of piperidine rings is 1. The summed E-state index contributed by atoms with van der Waals surface area (Å²) in [4.78, 5) is 28.5. The molecule has 0 atom stereocenters. The molecule has 0 radical (unpaired) electrons. The number of rotatable bonds is 4. The molecule has 4 nitrogen and oxygen atoms in total. The molecule has 3 rings (SSSR count). The van der Waals surface area contributed by atoms with Crippen LogP contribution in [0.1, 0.15) is 30.4 Å². The lowest BCUT2D eigenvalue weighted by Crippen LogP contribution is -2.44. The minimum Gasteiger partial charge on any atom is -0.342 e. The fourth-order valence-corrected chi connectivity index (χ4v) is 4.37. The Morgan fingerprint density at radius 3 is 2.71 bits per heavy atom. The van der Waals surface area contributed by atoms with Crippen molar-refractivity contribution in [3.63, 3.8) is 0 Å². The van der Waals surface area contributed by atoms with E-state index in [2.05, 4.69) is 31.2 Å². The number of hydrogen-bond donors (Lipinski definition) is 0. The molecule has 2 aliphatic rings. The number of hydrogen-bond acceptors (Lipinski definition) is 3. The molecule has 1 aromatic carbocycles. The minimum absolute atomic E-state index is 0.0804. The number of thioether (sulfide) groups is 1. The van der Waals surface area contributed by atoms with Crippen molar-refractivity contribution in [2.45, 2.75) is 32.7 Å². The number of nitrogens with zero attached hydrogens (tertiary/aromatic N) is 2. The molecule has 24 heavy (non-hydrogen) atoms. The highest BCUT2D eigenvalue weighted by atomic mass is 32.2. The third kappa shape index (κ3) is 3.77. The van der Waals surface area contributed by atoms with Gasteiger partial charge in [-0.15, -0.1) is 0 Å². The summed E-state index contributed by atoms with van der Waals surface area (Å²) in [5.74, 6) is 1.06. The maximum atomic E-state index is 12.5. The standard InChI is InChI=1S/C19H26N2O2S/c1-15-4-3-5-16(10-15)12-21-14-19(11-17(21)22)6-8-20(9-7-19)18(23)13-24-2/h3-5,10H,6-9,11-14H2,1-2H3. The van der Waals surface area contributed by atoms with Crippen LogP contribution >= 0.6 is 11.8 Å². The van der Waals surface area contributed by atoms with E-state index in [-0.39, 0.29) is 17.2 Å². The summed E-state index contributed by atoms with van der Waals surface area (Å²) >= 11 is 1.58. The van der Waals surface area contributed by atoms with Gasteiger partial charge in [-0.1, -0.05) is 29.8 Å². The first kappa shape index (κ1) is 17.3. The number of likely N-dealkylation sites (tertiary alicyclic amines) is 2. The number of carbonyl (C=O) groups excluding carboxylic acids is 2. The fourth-order valence-electron chi connectivity index (χ4n) is 3.94. The van der Waals surface area contributed by atoms with Gasteiger partial charge in [0.05, 0.1) is 5.75 Å². The summed E-state index contributed by atoms with van der Waals surface area (Å²) in [6.45, 7) is 5.22. The highest BCUT2D eigenvalue weighted by Gasteiger charge is 2.45. The lowest BCUT2D eigenvalue weighted by molar-refractivity contribution is -0.130. The van der Waals surface area contributed by atoms with Gasteiger partial charge in [-0.25, -0.2) is 0 Å². The molecule has 130 valence electrons. The quantitative estimate of drug-likeness (QED) is 0.842. The lowest BCUT2D eigenvalue weighted by atomic mass is 9.77. The summed E-state index contributed by atoms with van der Waals surface area (Å²) in [7, 11) is 0. The molecule has 2 amide bonds. The first-order valence-corrected chi connectivity index (χ1v) is 10.0. The molecule has 0 N–H and O–H groups in total. The average molecular weight is 346 g/mol. The van der Waals surface area contributed by atoms with Crippen molar-refractivity contribution in [2.75, 3.05) is 31.6 Å². The van der Waals surface area contributed by atoms with Crippen molar-refractivity contribution in [3.8, 4) is 0 Å². The van der Waals surface area contributed by atoms with Crippen LogP contribution in [0.15, 0.2) is 24.3 Å². The summed E-state index contributed by atoms with van der Waals surface area (Å²) < 4.78 is 0. The largest absolute Gasteiger partial charge is 0.342 e. The van der Waals surface area contributed by atoms with Gasteiger partial charge in [-0.3, -0.25) is 9.59 Å². The smallest absolute Gasteiger partial charge is 0.232 e. The molecular weight excluding hydrogens is 320 g/mol. The molecular formula is C19H26N2O2S. The maximum Gasteiger partial charge on any atom is 0.232 e. The Labute approximate surface area is 148 Å². The van der Waals surface area contributed by atoms with Gasteiger partial charge in [0.1, 0.15) is 0 Å². The molecule has 0 aliphatic carbocycles. The molecule has 2 fully saturated rings. The number of carbonyl (C=O) groups is 2. The molecule has 2 saturated heterocycles. The molecule has 1 aromatic rings. The monoisotopic (exact) mass is 346 g/mol. The van der Waals surface area contributed by atoms with Crippen LogP contribution in [0.5, 0.6) is 0 Å². The Morgan fingerprint density at radius 1 is 1.29 bits per heavy atom. The number of benzene rings is 1. The van der Waals surface area contributed by atoms with Crippen LogP contribution in [0, 0.1) is 12.3 Å². The van der Waals surface area contributed by atoms with Crippen molar-refractivity contribution in [1.82, 2.24) is 9.80 Å². The van der Waals surface area contributed by atoms with E-state index in [4.69, 9.17) is 0 Å². The molecule has 5 heteroatoms. The van der Waals surface area contributed by atoms with E-state index >= 15 is 0 Å². The predicted octanol–water partition coefficient (Wildman–Crippen LogP) is 2.70. The molecule has 0 aromatic heterocycles. The Bertz CT molecular complexity index is 624. The maximum absolute atomic E-state index is 12.5. The van der Waals surface area contributed by atoms with Crippen molar-refractivity contribution in [1.29, 1.82) is 0 Å². The minimum atomic E-state index is 0.0804. The van der Waals surface area contributed by atoms with Crippen LogP contribution in [-0.4, -0.2) is 53.3 Å². The lowest BCUT2D eigenvalue weighted by Gasteiger charge is -2.38. The van der Waals surface area contributed by atoms with E-state index in [0.29, 0.717) is 18.7 Å². The second kappa shape index (κ2) is 7.18. The number of aryl methyl sites for hydroxylation is 1. The Morgan fingerprint density at radius 2 is 2.04 bits per heavy atom. The van der Waals surface area contributed by atoms with Gasteiger partial charge in [-0.2, -0.15) is 11.8 Å².